The third-order valence-corrected chi connectivity index (χ3v) is 1.32. The van der Waals surface area contributed by atoms with Gasteiger partial charge in [0.25, 0.3) is 0 Å². The summed E-state index contributed by atoms with van der Waals surface area (Å²) < 4.78 is 19.4. The van der Waals surface area contributed by atoms with Crippen LogP contribution < -0.4 is 0 Å². The first-order valence-electron chi connectivity index (χ1n) is 4.39. The minimum absolute atomic E-state index is 0.0599. The van der Waals surface area contributed by atoms with Crippen LogP contribution in [0.5, 0.6) is 0 Å². The van der Waals surface area contributed by atoms with Gasteiger partial charge >= 0.3 is 0 Å². The molecule has 0 amide bonds. The molecule has 0 aromatic rings. The van der Waals surface area contributed by atoms with Crippen LogP contribution in [0, 0.1) is 0 Å². The maximum absolute atomic E-state index is 5.19. The molecule has 15 heavy (non-hydrogen) atoms. The predicted octanol–water partition coefficient (Wildman–Crippen LogP) is 0.326. The molecule has 0 bridgehead atoms. The summed E-state index contributed by atoms with van der Waals surface area (Å²) in [5, 5.41) is 1.14. The lowest BCUT2D eigenvalue weighted by Crippen LogP contribution is -2.36. The molecular weight excluding hydrogens is 206 g/mol. The fourth-order valence-electron chi connectivity index (χ4n) is 0.684. The van der Waals surface area contributed by atoms with Crippen molar-refractivity contribution in [1.29, 1.82) is 0 Å². The monoisotopic (exact) mass is 225 g/mol. The Balaban J connectivity index is 3.84. The van der Waals surface area contributed by atoms with Crippen molar-refractivity contribution < 1.29 is 28.6 Å². The minimum atomic E-state index is -0.435. The van der Waals surface area contributed by atoms with Gasteiger partial charge in [0, 0.05) is 21.3 Å². The normalized spacial score (nSPS) is 13.4. The van der Waals surface area contributed by atoms with Crippen LogP contribution in [0.2, 0.25) is 0 Å². The Morgan fingerprint density at radius 1 is 0.867 bits per heavy atom. The maximum atomic E-state index is 5.19. The van der Waals surface area contributed by atoms with Crippen molar-refractivity contribution >= 4 is 0 Å². The fraction of sp³-hybridized carbons (Fsp3) is 1.00. The molecule has 0 saturated carbocycles. The SMILES string of the molecule is COCOC(C)N(OCOC)OCOC. The van der Waals surface area contributed by atoms with Crippen molar-refractivity contribution in [3.8, 4) is 0 Å². The lowest BCUT2D eigenvalue weighted by Gasteiger charge is -2.25. The second-order valence-electron chi connectivity index (χ2n) is 2.53. The molecule has 0 fully saturated rings. The van der Waals surface area contributed by atoms with Gasteiger partial charge in [0.15, 0.2) is 19.8 Å². The molecule has 0 aliphatic heterocycles. The van der Waals surface area contributed by atoms with Crippen LogP contribution in [0.1, 0.15) is 6.92 Å². The molecule has 0 N–H and O–H groups in total. The van der Waals surface area contributed by atoms with Gasteiger partial charge in [0.1, 0.15) is 6.79 Å². The molecule has 0 aromatic carbocycles. The van der Waals surface area contributed by atoms with Gasteiger partial charge in [-0.05, 0) is 12.2 Å². The van der Waals surface area contributed by atoms with Crippen LogP contribution in [0.4, 0.5) is 0 Å². The number of hydrogen-bond acceptors (Lipinski definition) is 7. The fourth-order valence-corrected chi connectivity index (χ4v) is 0.684. The highest BCUT2D eigenvalue weighted by molar-refractivity contribution is 4.32. The molecule has 92 valence electrons. The largest absolute Gasteiger partial charge is 0.359 e. The van der Waals surface area contributed by atoms with E-state index in [9.17, 15) is 0 Å². The predicted molar refractivity (Wildman–Crippen MR) is 50.2 cm³/mol. The molecule has 0 aromatic heterocycles. The Kier molecular flexibility index (Phi) is 10.1. The Hall–Kier alpha value is -0.280. The summed E-state index contributed by atoms with van der Waals surface area (Å²) in [5.74, 6) is 0. The summed E-state index contributed by atoms with van der Waals surface area (Å²) in [6, 6.07) is 0. The molecule has 0 saturated heterocycles. The first-order valence-corrected chi connectivity index (χ1v) is 4.39. The van der Waals surface area contributed by atoms with Crippen LogP contribution in [0.3, 0.4) is 0 Å². The molecular formula is C8H19NO6. The zero-order valence-corrected chi connectivity index (χ0v) is 9.60. The number of rotatable bonds is 10. The highest BCUT2D eigenvalue weighted by Gasteiger charge is 2.16. The number of hydrogen-bond donors (Lipinski definition) is 0. The van der Waals surface area contributed by atoms with Crippen LogP contribution in [-0.2, 0) is 28.6 Å². The van der Waals surface area contributed by atoms with Crippen molar-refractivity contribution in [2.24, 2.45) is 0 Å². The van der Waals surface area contributed by atoms with Gasteiger partial charge < -0.3 is 18.9 Å². The quantitative estimate of drug-likeness (QED) is 0.392. The number of methoxy groups -OCH3 is 3. The van der Waals surface area contributed by atoms with E-state index >= 15 is 0 Å². The zero-order chi connectivity index (χ0) is 11.5. The molecule has 0 heterocycles. The first-order chi connectivity index (χ1) is 7.26. The molecule has 0 spiro atoms. The van der Waals surface area contributed by atoms with Gasteiger partial charge in [-0.2, -0.15) is 0 Å². The average molecular weight is 225 g/mol. The van der Waals surface area contributed by atoms with E-state index in [0.717, 1.165) is 5.23 Å². The number of nitrogens with zero attached hydrogens (tertiary/aromatic N) is 1. The van der Waals surface area contributed by atoms with E-state index in [4.69, 9.17) is 28.6 Å². The smallest absolute Gasteiger partial charge is 0.169 e. The Labute approximate surface area is 89.6 Å². The van der Waals surface area contributed by atoms with Gasteiger partial charge in [-0.25, -0.2) is 9.68 Å². The minimum Gasteiger partial charge on any atom is -0.359 e. The van der Waals surface area contributed by atoms with Crippen molar-refractivity contribution in [2.45, 2.75) is 13.2 Å². The highest BCUT2D eigenvalue weighted by atomic mass is 17.0. The molecule has 0 aliphatic rings. The van der Waals surface area contributed by atoms with Gasteiger partial charge in [-0.15, -0.1) is 0 Å². The van der Waals surface area contributed by atoms with E-state index in [-0.39, 0.29) is 20.4 Å². The molecule has 0 rings (SSSR count). The number of hydroxylamine groups is 2. The summed E-state index contributed by atoms with van der Waals surface area (Å²) in [6.45, 7) is 2.00. The summed E-state index contributed by atoms with van der Waals surface area (Å²) >= 11 is 0. The Morgan fingerprint density at radius 3 is 1.73 bits per heavy atom. The molecule has 7 heteroatoms. The summed E-state index contributed by atoms with van der Waals surface area (Å²) in [4.78, 5) is 10.2. The molecule has 1 atom stereocenters. The van der Waals surface area contributed by atoms with Crippen molar-refractivity contribution in [3.05, 3.63) is 0 Å². The average Bonchev–Trinajstić information content (AvgIpc) is 2.26. The van der Waals surface area contributed by atoms with Gasteiger partial charge in [-0.3, -0.25) is 0 Å². The van der Waals surface area contributed by atoms with Gasteiger partial charge in [0.2, 0.25) is 0 Å². The summed E-state index contributed by atoms with van der Waals surface area (Å²) in [7, 11) is 4.55. The van der Waals surface area contributed by atoms with Crippen LogP contribution in [0.25, 0.3) is 0 Å². The van der Waals surface area contributed by atoms with Crippen molar-refractivity contribution in [3.63, 3.8) is 0 Å². The number of ether oxygens (including phenoxy) is 4. The molecule has 1 unspecified atom stereocenters. The lowest BCUT2D eigenvalue weighted by atomic mass is 10.7. The van der Waals surface area contributed by atoms with Gasteiger partial charge in [-0.1, -0.05) is 0 Å². The molecule has 0 aliphatic carbocycles. The van der Waals surface area contributed by atoms with Crippen molar-refractivity contribution in [2.75, 3.05) is 41.7 Å². The van der Waals surface area contributed by atoms with E-state index in [1.54, 1.807) is 6.92 Å². The molecule has 7 nitrogen and oxygen atoms in total. The van der Waals surface area contributed by atoms with E-state index in [1.807, 2.05) is 0 Å². The first kappa shape index (κ1) is 14.7. The van der Waals surface area contributed by atoms with E-state index in [1.165, 1.54) is 21.3 Å². The second-order valence-corrected chi connectivity index (χ2v) is 2.53. The van der Waals surface area contributed by atoms with Crippen LogP contribution in [0.15, 0.2) is 0 Å². The van der Waals surface area contributed by atoms with Crippen molar-refractivity contribution in [1.82, 2.24) is 5.23 Å². The van der Waals surface area contributed by atoms with E-state index < -0.39 is 6.23 Å². The van der Waals surface area contributed by atoms with E-state index in [0.29, 0.717) is 0 Å². The standard InChI is InChI=1S/C8H19NO6/c1-8(13-5-10-2)9(14-6-11-3)15-7-12-4/h8H,5-7H2,1-4H3. The summed E-state index contributed by atoms with van der Waals surface area (Å²) in [6.07, 6.45) is -0.435. The van der Waals surface area contributed by atoms with Crippen LogP contribution >= 0.6 is 0 Å². The lowest BCUT2D eigenvalue weighted by molar-refractivity contribution is -0.454. The highest BCUT2D eigenvalue weighted by Crippen LogP contribution is 2.03. The van der Waals surface area contributed by atoms with Gasteiger partial charge in [0.05, 0.1) is 0 Å². The zero-order valence-electron chi connectivity index (χ0n) is 9.60. The Bertz CT molecular complexity index is 128. The van der Waals surface area contributed by atoms with E-state index in [2.05, 4.69) is 0 Å². The molecule has 0 radical (unpaired) electrons. The van der Waals surface area contributed by atoms with Crippen LogP contribution in [-0.4, -0.2) is 53.2 Å². The summed E-state index contributed by atoms with van der Waals surface area (Å²) in [5.41, 5.74) is 0. The third kappa shape index (κ3) is 7.63. The Morgan fingerprint density at radius 2 is 1.33 bits per heavy atom. The topological polar surface area (TPSA) is 58.6 Å². The maximum Gasteiger partial charge on any atom is 0.169 e. The second kappa shape index (κ2) is 10.2. The third-order valence-electron chi connectivity index (χ3n) is 1.32.